The molecule has 4 heteroatoms. The standard InChI is InChI=1S/C16H26N2O2/c1-3-10-16(2,17)15(19)18(13-7-4-5-8-13)12-14-9-6-11-20-14/h6,9,11,13H,3-5,7-8,10,12,17H2,1-2H3. The average molecular weight is 278 g/mol. The highest BCUT2D eigenvalue weighted by Gasteiger charge is 2.36. The molecule has 1 fully saturated rings. The van der Waals surface area contributed by atoms with Crippen LogP contribution in [0.1, 0.15) is 58.1 Å². The number of furan rings is 1. The number of nitrogens with zero attached hydrogens (tertiary/aromatic N) is 1. The van der Waals surface area contributed by atoms with Crippen molar-refractivity contribution in [2.24, 2.45) is 5.73 Å². The maximum Gasteiger partial charge on any atom is 0.243 e. The normalized spacial score (nSPS) is 18.9. The van der Waals surface area contributed by atoms with Gasteiger partial charge in [0.05, 0.1) is 18.3 Å². The average Bonchev–Trinajstić information content (AvgIpc) is 3.08. The molecule has 0 radical (unpaired) electrons. The quantitative estimate of drug-likeness (QED) is 0.870. The molecule has 0 bridgehead atoms. The van der Waals surface area contributed by atoms with Crippen molar-refractivity contribution in [2.45, 2.75) is 70.5 Å². The largest absolute Gasteiger partial charge is 0.467 e. The summed E-state index contributed by atoms with van der Waals surface area (Å²) < 4.78 is 5.41. The Balaban J connectivity index is 2.14. The second-order valence-electron chi connectivity index (χ2n) is 6.12. The van der Waals surface area contributed by atoms with Crippen molar-refractivity contribution in [3.8, 4) is 0 Å². The van der Waals surface area contributed by atoms with Crippen molar-refractivity contribution in [1.29, 1.82) is 0 Å². The number of nitrogens with two attached hydrogens (primary N) is 1. The summed E-state index contributed by atoms with van der Waals surface area (Å²) in [5, 5.41) is 0. The van der Waals surface area contributed by atoms with Crippen LogP contribution in [0.5, 0.6) is 0 Å². The van der Waals surface area contributed by atoms with Crippen LogP contribution in [-0.4, -0.2) is 22.4 Å². The highest BCUT2D eigenvalue weighted by Crippen LogP contribution is 2.27. The first kappa shape index (κ1) is 15.1. The minimum Gasteiger partial charge on any atom is -0.467 e. The first-order valence-corrected chi connectivity index (χ1v) is 7.67. The van der Waals surface area contributed by atoms with Gasteiger partial charge in [-0.2, -0.15) is 0 Å². The first-order chi connectivity index (χ1) is 9.54. The summed E-state index contributed by atoms with van der Waals surface area (Å²) in [7, 11) is 0. The molecule has 1 amide bonds. The van der Waals surface area contributed by atoms with Crippen LogP contribution < -0.4 is 5.73 Å². The highest BCUT2D eigenvalue weighted by molar-refractivity contribution is 5.86. The molecule has 0 aromatic carbocycles. The number of hydrogen-bond donors (Lipinski definition) is 1. The van der Waals surface area contributed by atoms with Crippen molar-refractivity contribution < 1.29 is 9.21 Å². The van der Waals surface area contributed by atoms with Crippen LogP contribution in [-0.2, 0) is 11.3 Å². The summed E-state index contributed by atoms with van der Waals surface area (Å²) in [5.74, 6) is 0.889. The van der Waals surface area contributed by atoms with E-state index in [1.807, 2.05) is 24.0 Å². The van der Waals surface area contributed by atoms with Crippen LogP contribution in [0.2, 0.25) is 0 Å². The predicted molar refractivity (Wildman–Crippen MR) is 79.0 cm³/mol. The molecule has 1 aliphatic carbocycles. The van der Waals surface area contributed by atoms with E-state index in [0.717, 1.165) is 25.0 Å². The molecule has 1 aromatic rings. The zero-order valence-electron chi connectivity index (χ0n) is 12.6. The topological polar surface area (TPSA) is 59.5 Å². The van der Waals surface area contributed by atoms with Gasteiger partial charge in [-0.3, -0.25) is 4.79 Å². The molecule has 1 heterocycles. The molecule has 0 saturated heterocycles. The van der Waals surface area contributed by atoms with Crippen LogP contribution in [0.15, 0.2) is 22.8 Å². The maximum absolute atomic E-state index is 12.8. The summed E-state index contributed by atoms with van der Waals surface area (Å²) in [6.07, 6.45) is 7.83. The van der Waals surface area contributed by atoms with E-state index in [2.05, 4.69) is 6.92 Å². The van der Waals surface area contributed by atoms with Crippen molar-refractivity contribution in [2.75, 3.05) is 0 Å². The van der Waals surface area contributed by atoms with E-state index < -0.39 is 5.54 Å². The van der Waals surface area contributed by atoms with Crippen LogP contribution >= 0.6 is 0 Å². The molecule has 112 valence electrons. The van der Waals surface area contributed by atoms with E-state index in [1.54, 1.807) is 6.26 Å². The van der Waals surface area contributed by atoms with Crippen LogP contribution in [0, 0.1) is 0 Å². The summed E-state index contributed by atoms with van der Waals surface area (Å²) in [4.78, 5) is 14.8. The molecule has 1 aliphatic rings. The second kappa shape index (κ2) is 6.44. The lowest BCUT2D eigenvalue weighted by Crippen LogP contribution is -2.55. The van der Waals surface area contributed by atoms with Gasteiger partial charge in [-0.05, 0) is 38.3 Å². The SMILES string of the molecule is CCCC(C)(N)C(=O)N(Cc1ccco1)C1CCCC1. The molecule has 20 heavy (non-hydrogen) atoms. The molecule has 4 nitrogen and oxygen atoms in total. The molecule has 0 spiro atoms. The Morgan fingerprint density at radius 1 is 1.50 bits per heavy atom. The third-order valence-electron chi connectivity index (χ3n) is 4.19. The minimum atomic E-state index is -0.774. The smallest absolute Gasteiger partial charge is 0.243 e. The van der Waals surface area contributed by atoms with E-state index in [9.17, 15) is 4.79 Å². The lowest BCUT2D eigenvalue weighted by molar-refractivity contribution is -0.140. The molecule has 1 aromatic heterocycles. The van der Waals surface area contributed by atoms with Gasteiger partial charge in [-0.1, -0.05) is 26.2 Å². The molecule has 1 atom stereocenters. The van der Waals surface area contributed by atoms with Crippen molar-refractivity contribution >= 4 is 5.91 Å². The Morgan fingerprint density at radius 3 is 2.75 bits per heavy atom. The third-order valence-corrected chi connectivity index (χ3v) is 4.19. The third kappa shape index (κ3) is 3.42. The van der Waals surface area contributed by atoms with Crippen molar-refractivity contribution in [1.82, 2.24) is 4.90 Å². The fourth-order valence-corrected chi connectivity index (χ4v) is 3.11. The van der Waals surface area contributed by atoms with E-state index in [-0.39, 0.29) is 5.91 Å². The summed E-state index contributed by atoms with van der Waals surface area (Å²) in [5.41, 5.74) is 5.47. The molecule has 0 aliphatic heterocycles. The predicted octanol–water partition coefficient (Wildman–Crippen LogP) is 3.07. The molecule has 2 N–H and O–H groups in total. The van der Waals surface area contributed by atoms with Gasteiger partial charge < -0.3 is 15.1 Å². The Labute approximate surface area is 121 Å². The van der Waals surface area contributed by atoms with Gasteiger partial charge in [-0.15, -0.1) is 0 Å². The van der Waals surface area contributed by atoms with Gasteiger partial charge in [0, 0.05) is 6.04 Å². The summed E-state index contributed by atoms with van der Waals surface area (Å²) in [6.45, 7) is 4.45. The van der Waals surface area contributed by atoms with E-state index in [4.69, 9.17) is 10.2 Å². The van der Waals surface area contributed by atoms with E-state index in [1.165, 1.54) is 12.8 Å². The zero-order valence-corrected chi connectivity index (χ0v) is 12.6. The Hall–Kier alpha value is -1.29. The highest BCUT2D eigenvalue weighted by atomic mass is 16.3. The molecular formula is C16H26N2O2. The Kier molecular flexibility index (Phi) is 4.86. The van der Waals surface area contributed by atoms with Crippen molar-refractivity contribution in [3.63, 3.8) is 0 Å². The van der Waals surface area contributed by atoms with E-state index in [0.29, 0.717) is 19.0 Å². The van der Waals surface area contributed by atoms with Crippen LogP contribution in [0.3, 0.4) is 0 Å². The molecule has 2 rings (SSSR count). The van der Waals surface area contributed by atoms with E-state index >= 15 is 0 Å². The van der Waals surface area contributed by atoms with Crippen molar-refractivity contribution in [3.05, 3.63) is 24.2 Å². The van der Waals surface area contributed by atoms with Gasteiger partial charge in [0.25, 0.3) is 0 Å². The fraction of sp³-hybridized carbons (Fsp3) is 0.688. The Morgan fingerprint density at radius 2 is 2.20 bits per heavy atom. The number of amides is 1. The second-order valence-corrected chi connectivity index (χ2v) is 6.12. The number of hydrogen-bond acceptors (Lipinski definition) is 3. The van der Waals surface area contributed by atoms with Crippen LogP contribution in [0.25, 0.3) is 0 Å². The number of carbonyl (C=O) groups is 1. The number of rotatable bonds is 6. The van der Waals surface area contributed by atoms with Gasteiger partial charge in [0.1, 0.15) is 5.76 Å². The molecule has 1 unspecified atom stereocenters. The van der Waals surface area contributed by atoms with Gasteiger partial charge in [0.15, 0.2) is 0 Å². The number of carbonyl (C=O) groups excluding carboxylic acids is 1. The van der Waals surface area contributed by atoms with Crippen LogP contribution in [0.4, 0.5) is 0 Å². The maximum atomic E-state index is 12.8. The monoisotopic (exact) mass is 278 g/mol. The van der Waals surface area contributed by atoms with Gasteiger partial charge >= 0.3 is 0 Å². The molecule has 1 saturated carbocycles. The lowest BCUT2D eigenvalue weighted by Gasteiger charge is -2.35. The summed E-state index contributed by atoms with van der Waals surface area (Å²) >= 11 is 0. The lowest BCUT2D eigenvalue weighted by atomic mass is 9.94. The molecular weight excluding hydrogens is 252 g/mol. The fourth-order valence-electron chi connectivity index (χ4n) is 3.11. The minimum absolute atomic E-state index is 0.0580. The first-order valence-electron chi connectivity index (χ1n) is 7.67. The summed E-state index contributed by atoms with van der Waals surface area (Å²) in [6, 6.07) is 4.09. The van der Waals surface area contributed by atoms with Gasteiger partial charge in [0.2, 0.25) is 5.91 Å². The zero-order chi connectivity index (χ0) is 14.6. The Bertz CT molecular complexity index is 420. The van der Waals surface area contributed by atoms with Gasteiger partial charge in [-0.25, -0.2) is 0 Å².